The number of aliphatic hydroxyl groups excluding tert-OH is 1. The van der Waals surface area contributed by atoms with Crippen LogP contribution in [0.15, 0.2) is 84.4 Å². The monoisotopic (exact) mass is 669 g/mol. The second-order valence-electron chi connectivity index (χ2n) is 12.4. The zero-order valence-corrected chi connectivity index (χ0v) is 28.5. The Morgan fingerprint density at radius 2 is 1.59 bits per heavy atom. The van der Waals surface area contributed by atoms with Gasteiger partial charge >= 0.3 is 0 Å². The molecule has 258 valence electrons. The van der Waals surface area contributed by atoms with Gasteiger partial charge in [-0.15, -0.1) is 0 Å². The number of hydrogen-bond acceptors (Lipinski definition) is 6. The van der Waals surface area contributed by atoms with E-state index in [0.717, 1.165) is 11.1 Å². The van der Waals surface area contributed by atoms with Crippen LogP contribution < -0.4 is 20.9 Å². The molecule has 4 N–H and O–H groups in total. The number of aryl methyl sites for hydroxylation is 2. The van der Waals surface area contributed by atoms with Gasteiger partial charge in [0.15, 0.2) is 0 Å². The summed E-state index contributed by atoms with van der Waals surface area (Å²) >= 11 is 0. The van der Waals surface area contributed by atoms with Crippen molar-refractivity contribution in [1.82, 2.24) is 16.0 Å². The van der Waals surface area contributed by atoms with Crippen molar-refractivity contribution >= 4 is 29.3 Å². The standard InChI is InChI=1S/C38H44FN5O5/c1-24(2)18-30(22-40)38(49)44(5)32-11-7-9-29(20-32)21-33(36(47)41-23-28-14-12-25(3)13-15-28)42-37(48)35(26(4)45)43-34(46)17-16-27-8-6-10-31(39)19-27/h6-15,18-20,24,26,33,35,45H,16-17,21,23H2,1-5H3,(H,41,47)(H,42,48)(H,43,46)/t26-,33?,35+/m1/s1. The van der Waals surface area contributed by atoms with Crippen LogP contribution >= 0.6 is 0 Å². The zero-order valence-electron chi connectivity index (χ0n) is 28.5. The quantitative estimate of drug-likeness (QED) is 0.142. The minimum atomic E-state index is -1.38. The minimum Gasteiger partial charge on any atom is -0.391 e. The molecule has 0 spiro atoms. The Morgan fingerprint density at radius 1 is 0.918 bits per heavy atom. The summed E-state index contributed by atoms with van der Waals surface area (Å²) in [5, 5.41) is 28.1. The third kappa shape index (κ3) is 12.0. The molecule has 11 heteroatoms. The Bertz CT molecular complexity index is 1700. The number of likely N-dealkylation sites (N-methyl/N-ethyl adjacent to an activating group) is 1. The van der Waals surface area contributed by atoms with Gasteiger partial charge in [-0.2, -0.15) is 5.26 Å². The fraction of sp³-hybridized carbons (Fsp3) is 0.342. The fourth-order valence-electron chi connectivity index (χ4n) is 5.01. The van der Waals surface area contributed by atoms with Crippen molar-refractivity contribution in [2.45, 2.75) is 71.7 Å². The maximum absolute atomic E-state index is 13.6. The molecule has 3 aromatic carbocycles. The van der Waals surface area contributed by atoms with E-state index in [1.807, 2.05) is 51.1 Å². The molecule has 0 aliphatic heterocycles. The van der Waals surface area contributed by atoms with E-state index in [-0.39, 0.29) is 37.3 Å². The number of benzene rings is 3. The number of rotatable bonds is 15. The topological polar surface area (TPSA) is 152 Å². The molecule has 0 heterocycles. The van der Waals surface area contributed by atoms with Gasteiger partial charge in [-0.1, -0.05) is 74.0 Å². The van der Waals surface area contributed by atoms with Crippen LogP contribution in [0.2, 0.25) is 0 Å². The van der Waals surface area contributed by atoms with Crippen LogP contribution in [0.1, 0.15) is 49.4 Å². The first kappa shape index (κ1) is 38.1. The van der Waals surface area contributed by atoms with Crippen LogP contribution in [-0.4, -0.2) is 54.0 Å². The molecule has 0 radical (unpaired) electrons. The molecule has 3 rings (SSSR count). The van der Waals surface area contributed by atoms with Gasteiger partial charge in [0.2, 0.25) is 17.7 Å². The van der Waals surface area contributed by atoms with E-state index < -0.39 is 47.6 Å². The molecule has 0 aliphatic carbocycles. The van der Waals surface area contributed by atoms with Gasteiger partial charge in [0.05, 0.1) is 6.10 Å². The lowest BCUT2D eigenvalue weighted by Crippen LogP contribution is -2.57. The second-order valence-corrected chi connectivity index (χ2v) is 12.4. The molecule has 49 heavy (non-hydrogen) atoms. The normalized spacial score (nSPS) is 13.1. The summed E-state index contributed by atoms with van der Waals surface area (Å²) in [7, 11) is 1.55. The van der Waals surface area contributed by atoms with Crippen LogP contribution in [0, 0.1) is 30.0 Å². The minimum absolute atomic E-state index is 0.00525. The first-order chi connectivity index (χ1) is 23.3. The largest absolute Gasteiger partial charge is 0.391 e. The molecule has 3 aromatic rings. The summed E-state index contributed by atoms with van der Waals surface area (Å²) in [6, 6.07) is 19.7. The summed E-state index contributed by atoms with van der Waals surface area (Å²) in [4.78, 5) is 54.2. The molecule has 0 aliphatic rings. The van der Waals surface area contributed by atoms with Gasteiger partial charge in [0.25, 0.3) is 5.91 Å². The highest BCUT2D eigenvalue weighted by Crippen LogP contribution is 2.19. The number of carbonyl (C=O) groups is 4. The molecule has 4 amide bonds. The zero-order chi connectivity index (χ0) is 36.1. The molecule has 0 fully saturated rings. The summed E-state index contributed by atoms with van der Waals surface area (Å²) in [6.45, 7) is 7.23. The molecule has 1 unspecified atom stereocenters. The predicted octanol–water partition coefficient (Wildman–Crippen LogP) is 4.05. The van der Waals surface area contributed by atoms with Crippen LogP contribution in [0.25, 0.3) is 0 Å². The summed E-state index contributed by atoms with van der Waals surface area (Å²) < 4.78 is 13.6. The molecular formula is C38H44FN5O5. The van der Waals surface area contributed by atoms with E-state index in [1.165, 1.54) is 30.0 Å². The van der Waals surface area contributed by atoms with E-state index >= 15 is 0 Å². The van der Waals surface area contributed by atoms with Gasteiger partial charge in [-0.25, -0.2) is 4.39 Å². The Morgan fingerprint density at radius 3 is 2.22 bits per heavy atom. The van der Waals surface area contributed by atoms with Crippen molar-refractivity contribution in [2.75, 3.05) is 11.9 Å². The fourth-order valence-corrected chi connectivity index (χ4v) is 5.01. The highest BCUT2D eigenvalue weighted by Gasteiger charge is 2.30. The van der Waals surface area contributed by atoms with Crippen molar-refractivity contribution in [1.29, 1.82) is 5.26 Å². The van der Waals surface area contributed by atoms with Crippen LogP contribution in [0.5, 0.6) is 0 Å². The van der Waals surface area contributed by atoms with E-state index in [2.05, 4.69) is 16.0 Å². The van der Waals surface area contributed by atoms with E-state index in [9.17, 15) is 33.9 Å². The maximum Gasteiger partial charge on any atom is 0.268 e. The van der Waals surface area contributed by atoms with Crippen LogP contribution in [0.3, 0.4) is 0 Å². The average Bonchev–Trinajstić information content (AvgIpc) is 3.07. The number of halogens is 1. The number of carbonyl (C=O) groups excluding carboxylic acids is 4. The number of anilines is 1. The third-order valence-electron chi connectivity index (χ3n) is 7.72. The third-order valence-corrected chi connectivity index (χ3v) is 7.72. The van der Waals surface area contributed by atoms with Gasteiger partial charge in [-0.3, -0.25) is 19.2 Å². The van der Waals surface area contributed by atoms with Gasteiger partial charge in [0.1, 0.15) is 29.5 Å². The highest BCUT2D eigenvalue weighted by molar-refractivity contribution is 6.08. The number of hydrogen-bond donors (Lipinski definition) is 4. The second kappa shape index (κ2) is 18.3. The van der Waals surface area contributed by atoms with E-state index in [4.69, 9.17) is 0 Å². The molecule has 0 saturated carbocycles. The molecule has 0 saturated heterocycles. The Kier molecular flexibility index (Phi) is 14.2. The number of nitrogens with one attached hydrogen (secondary N) is 3. The lowest BCUT2D eigenvalue weighted by molar-refractivity contribution is -0.134. The molecule has 3 atom stereocenters. The average molecular weight is 670 g/mol. The first-order valence-corrected chi connectivity index (χ1v) is 16.1. The Balaban J connectivity index is 1.81. The van der Waals surface area contributed by atoms with Crippen molar-refractivity contribution < 1.29 is 28.7 Å². The molecule has 10 nitrogen and oxygen atoms in total. The van der Waals surface area contributed by atoms with Crippen molar-refractivity contribution in [3.05, 3.63) is 113 Å². The highest BCUT2D eigenvalue weighted by atomic mass is 19.1. The molecule has 0 aromatic heterocycles. The number of nitriles is 1. The van der Waals surface area contributed by atoms with Crippen molar-refractivity contribution in [3.63, 3.8) is 0 Å². The van der Waals surface area contributed by atoms with E-state index in [0.29, 0.717) is 16.8 Å². The molecular weight excluding hydrogens is 625 g/mol. The summed E-state index contributed by atoms with van der Waals surface area (Å²) in [6.07, 6.45) is 0.461. The predicted molar refractivity (Wildman–Crippen MR) is 185 cm³/mol. The molecule has 0 bridgehead atoms. The van der Waals surface area contributed by atoms with Crippen molar-refractivity contribution in [2.24, 2.45) is 5.92 Å². The number of amides is 4. The van der Waals surface area contributed by atoms with Gasteiger partial charge in [0, 0.05) is 32.1 Å². The summed E-state index contributed by atoms with van der Waals surface area (Å²) in [5.41, 5.74) is 3.60. The van der Waals surface area contributed by atoms with Gasteiger partial charge in [-0.05, 0) is 67.1 Å². The maximum atomic E-state index is 13.6. The van der Waals surface area contributed by atoms with E-state index in [1.54, 1.807) is 43.5 Å². The SMILES string of the molecule is Cc1ccc(CNC(=O)C(Cc2cccc(N(C)C(=O)C(C#N)=CC(C)C)c2)NC(=O)[C@@H](NC(=O)CCc2cccc(F)c2)[C@@H](C)O)cc1. The number of allylic oxidation sites excluding steroid dienone is 1. The van der Waals surface area contributed by atoms with Gasteiger partial charge < -0.3 is 26.0 Å². The lowest BCUT2D eigenvalue weighted by atomic mass is 10.0. The van der Waals surface area contributed by atoms with Crippen LogP contribution in [-0.2, 0) is 38.6 Å². The van der Waals surface area contributed by atoms with Crippen molar-refractivity contribution in [3.8, 4) is 6.07 Å². The lowest BCUT2D eigenvalue weighted by Gasteiger charge is -2.25. The summed E-state index contributed by atoms with van der Waals surface area (Å²) in [5.74, 6) is -2.73. The first-order valence-electron chi connectivity index (χ1n) is 16.1. The Hall–Kier alpha value is -5.34. The number of nitrogens with zero attached hydrogens (tertiary/aromatic N) is 2. The Labute approximate surface area is 287 Å². The number of aliphatic hydroxyl groups is 1. The smallest absolute Gasteiger partial charge is 0.268 e. The van der Waals surface area contributed by atoms with Crippen LogP contribution in [0.4, 0.5) is 10.1 Å².